The Kier molecular flexibility index (Phi) is 7.81. The molecule has 2 saturated heterocycles. The van der Waals surface area contributed by atoms with Crippen molar-refractivity contribution in [1.29, 1.82) is 0 Å². The Morgan fingerprint density at radius 2 is 1.87 bits per heavy atom. The van der Waals surface area contributed by atoms with E-state index >= 15 is 0 Å². The van der Waals surface area contributed by atoms with E-state index in [1.165, 1.54) is 18.4 Å². The number of rotatable bonds is 4. The van der Waals surface area contributed by atoms with Gasteiger partial charge in [0.05, 0.1) is 0 Å². The van der Waals surface area contributed by atoms with Gasteiger partial charge in [0, 0.05) is 30.2 Å². The number of carbonyl (C=O) groups is 1. The zero-order chi connectivity index (χ0) is 14.8. The molecule has 6 heteroatoms. The molecular weight excluding hydrogens is 333 g/mol. The van der Waals surface area contributed by atoms with Crippen LogP contribution in [0.25, 0.3) is 0 Å². The highest BCUT2D eigenvalue weighted by atomic mass is 35.5. The molecule has 130 valence electrons. The van der Waals surface area contributed by atoms with E-state index in [1.54, 1.807) is 0 Å². The van der Waals surface area contributed by atoms with Crippen molar-refractivity contribution in [3.63, 3.8) is 0 Å². The fourth-order valence-corrected chi connectivity index (χ4v) is 3.62. The molecule has 3 rings (SSSR count). The summed E-state index contributed by atoms with van der Waals surface area (Å²) in [6.45, 7) is 0.860. The largest absolute Gasteiger partial charge is 0.349 e. The molecule has 2 heterocycles. The smallest absolute Gasteiger partial charge is 0.251 e. The normalized spacial score (nSPS) is 25.4. The highest BCUT2D eigenvalue weighted by Crippen LogP contribution is 2.26. The molecule has 2 N–H and O–H groups in total. The number of amides is 1. The van der Waals surface area contributed by atoms with Crippen molar-refractivity contribution in [2.24, 2.45) is 0 Å². The average Bonchev–Trinajstić information content (AvgIpc) is 2.77. The van der Waals surface area contributed by atoms with E-state index in [0.29, 0.717) is 18.1 Å². The van der Waals surface area contributed by atoms with Gasteiger partial charge in [0.1, 0.15) is 0 Å². The summed E-state index contributed by atoms with van der Waals surface area (Å²) in [4.78, 5) is 14.6. The van der Waals surface area contributed by atoms with Gasteiger partial charge in [-0.1, -0.05) is 12.1 Å². The van der Waals surface area contributed by atoms with Crippen molar-refractivity contribution < 1.29 is 4.79 Å². The Morgan fingerprint density at radius 3 is 2.48 bits per heavy atom. The number of nitrogens with zero attached hydrogens (tertiary/aromatic N) is 1. The van der Waals surface area contributed by atoms with Gasteiger partial charge < -0.3 is 15.5 Å². The zero-order valence-electron chi connectivity index (χ0n) is 13.7. The standard InChI is InChI=1S/C17H25N3O.2ClH/c1-20(2)11-12-4-3-5-13(8-12)17(21)19-16-9-14-6-7-15(10-16)18-14;;/h3-5,8,14-16,18H,6-7,9-11H2,1-2H3,(H,19,21);2*1H. The summed E-state index contributed by atoms with van der Waals surface area (Å²) in [5.74, 6) is 0.0712. The minimum Gasteiger partial charge on any atom is -0.349 e. The fraction of sp³-hybridized carbons (Fsp3) is 0.588. The number of hydrogen-bond donors (Lipinski definition) is 2. The molecule has 2 aliphatic heterocycles. The lowest BCUT2D eigenvalue weighted by Crippen LogP contribution is -2.48. The molecule has 23 heavy (non-hydrogen) atoms. The number of benzene rings is 1. The van der Waals surface area contributed by atoms with E-state index < -0.39 is 0 Å². The SMILES string of the molecule is CN(C)Cc1cccc(C(=O)NC2CC3CCC(C2)N3)c1.Cl.Cl. The summed E-state index contributed by atoms with van der Waals surface area (Å²) >= 11 is 0. The number of hydrogen-bond acceptors (Lipinski definition) is 3. The molecule has 2 atom stereocenters. The van der Waals surface area contributed by atoms with Crippen molar-refractivity contribution in [2.75, 3.05) is 14.1 Å². The van der Waals surface area contributed by atoms with Gasteiger partial charge in [0.2, 0.25) is 0 Å². The van der Waals surface area contributed by atoms with Crippen LogP contribution >= 0.6 is 24.8 Å². The number of nitrogens with one attached hydrogen (secondary N) is 2. The highest BCUT2D eigenvalue weighted by molar-refractivity contribution is 5.94. The van der Waals surface area contributed by atoms with Gasteiger partial charge in [-0.05, 0) is 57.5 Å². The van der Waals surface area contributed by atoms with E-state index in [4.69, 9.17) is 0 Å². The van der Waals surface area contributed by atoms with Crippen LogP contribution in [-0.4, -0.2) is 43.0 Å². The van der Waals surface area contributed by atoms with Crippen molar-refractivity contribution in [1.82, 2.24) is 15.5 Å². The summed E-state index contributed by atoms with van der Waals surface area (Å²) < 4.78 is 0. The Hall–Kier alpha value is -0.810. The summed E-state index contributed by atoms with van der Waals surface area (Å²) in [7, 11) is 4.08. The molecule has 2 unspecified atom stereocenters. The first kappa shape index (κ1) is 20.2. The van der Waals surface area contributed by atoms with E-state index in [-0.39, 0.29) is 30.7 Å². The third-order valence-corrected chi connectivity index (χ3v) is 4.50. The maximum Gasteiger partial charge on any atom is 0.251 e. The van der Waals surface area contributed by atoms with Crippen LogP contribution in [0.3, 0.4) is 0 Å². The molecule has 1 aromatic carbocycles. The summed E-state index contributed by atoms with van der Waals surface area (Å²) in [5.41, 5.74) is 1.96. The van der Waals surface area contributed by atoms with E-state index in [1.807, 2.05) is 32.3 Å². The highest BCUT2D eigenvalue weighted by Gasteiger charge is 2.34. The molecule has 2 fully saturated rings. The molecule has 0 saturated carbocycles. The second-order valence-corrected chi connectivity index (χ2v) is 6.72. The molecule has 0 radical (unpaired) electrons. The lowest BCUT2D eigenvalue weighted by Gasteiger charge is -2.29. The molecule has 0 spiro atoms. The first-order chi connectivity index (χ1) is 10.1. The van der Waals surface area contributed by atoms with Gasteiger partial charge in [-0.25, -0.2) is 0 Å². The topological polar surface area (TPSA) is 44.4 Å². The molecule has 0 aliphatic carbocycles. The van der Waals surface area contributed by atoms with Crippen molar-refractivity contribution in [3.8, 4) is 0 Å². The van der Waals surface area contributed by atoms with E-state index in [2.05, 4.69) is 21.6 Å². The van der Waals surface area contributed by atoms with Gasteiger partial charge in [-0.3, -0.25) is 4.79 Å². The number of fused-ring (bicyclic) bond motifs is 2. The lowest BCUT2D eigenvalue weighted by molar-refractivity contribution is 0.0924. The minimum atomic E-state index is 0. The first-order valence-electron chi connectivity index (χ1n) is 7.91. The fourth-order valence-electron chi connectivity index (χ4n) is 3.62. The Bertz CT molecular complexity index is 512. The van der Waals surface area contributed by atoms with Crippen LogP contribution in [0.1, 0.15) is 41.6 Å². The quantitative estimate of drug-likeness (QED) is 0.868. The zero-order valence-corrected chi connectivity index (χ0v) is 15.4. The van der Waals surface area contributed by atoms with Crippen molar-refractivity contribution >= 4 is 30.7 Å². The molecule has 0 aromatic heterocycles. The van der Waals surface area contributed by atoms with Crippen molar-refractivity contribution in [2.45, 2.75) is 50.4 Å². The van der Waals surface area contributed by atoms with E-state index in [0.717, 1.165) is 24.9 Å². The van der Waals surface area contributed by atoms with Crippen LogP contribution in [-0.2, 0) is 6.54 Å². The molecule has 1 aromatic rings. The molecule has 2 aliphatic rings. The first-order valence-corrected chi connectivity index (χ1v) is 7.91. The van der Waals surface area contributed by atoms with Crippen LogP contribution in [0.2, 0.25) is 0 Å². The molecule has 1 amide bonds. The summed E-state index contributed by atoms with van der Waals surface area (Å²) in [6.07, 6.45) is 4.66. The third-order valence-electron chi connectivity index (χ3n) is 4.50. The van der Waals surface area contributed by atoms with Crippen LogP contribution in [0.5, 0.6) is 0 Å². The van der Waals surface area contributed by atoms with Crippen LogP contribution < -0.4 is 10.6 Å². The second kappa shape index (κ2) is 8.88. The Labute approximate surface area is 151 Å². The summed E-state index contributed by atoms with van der Waals surface area (Å²) in [6, 6.07) is 9.49. The van der Waals surface area contributed by atoms with Gasteiger partial charge in [0.15, 0.2) is 0 Å². The van der Waals surface area contributed by atoms with Gasteiger partial charge >= 0.3 is 0 Å². The maximum atomic E-state index is 12.4. The number of piperidine rings is 1. The monoisotopic (exact) mass is 359 g/mol. The Balaban J connectivity index is 0.00000132. The van der Waals surface area contributed by atoms with Crippen LogP contribution in [0.4, 0.5) is 0 Å². The third kappa shape index (κ3) is 5.35. The lowest BCUT2D eigenvalue weighted by atomic mass is 9.99. The minimum absolute atomic E-state index is 0. The van der Waals surface area contributed by atoms with Gasteiger partial charge in [-0.15, -0.1) is 24.8 Å². The molecule has 2 bridgehead atoms. The Morgan fingerprint density at radius 1 is 1.22 bits per heavy atom. The van der Waals surface area contributed by atoms with E-state index in [9.17, 15) is 4.79 Å². The number of carbonyl (C=O) groups excluding carboxylic acids is 1. The number of halogens is 2. The second-order valence-electron chi connectivity index (χ2n) is 6.72. The van der Waals surface area contributed by atoms with Crippen LogP contribution in [0, 0.1) is 0 Å². The van der Waals surface area contributed by atoms with Crippen LogP contribution in [0.15, 0.2) is 24.3 Å². The summed E-state index contributed by atoms with van der Waals surface area (Å²) in [5, 5.41) is 6.83. The molecular formula is C17H27Cl2N3O. The van der Waals surface area contributed by atoms with Gasteiger partial charge in [0.25, 0.3) is 5.91 Å². The average molecular weight is 360 g/mol. The maximum absolute atomic E-state index is 12.4. The molecule has 4 nitrogen and oxygen atoms in total. The van der Waals surface area contributed by atoms with Gasteiger partial charge in [-0.2, -0.15) is 0 Å². The predicted molar refractivity (Wildman–Crippen MR) is 98.8 cm³/mol. The van der Waals surface area contributed by atoms with Crippen molar-refractivity contribution in [3.05, 3.63) is 35.4 Å². The predicted octanol–water partition coefficient (Wildman–Crippen LogP) is 2.60.